The highest BCUT2D eigenvalue weighted by Crippen LogP contribution is 2.37. The number of piperidine rings is 1. The third kappa shape index (κ3) is 2.45. The minimum absolute atomic E-state index is 0.0479. The van der Waals surface area contributed by atoms with E-state index in [2.05, 4.69) is 17.0 Å². The number of hydrogen-bond donors (Lipinski definition) is 0. The first-order chi connectivity index (χ1) is 11.5. The summed E-state index contributed by atoms with van der Waals surface area (Å²) in [7, 11) is 0. The molecule has 2 unspecified atom stereocenters. The maximum atomic E-state index is 13.4. The molecule has 0 saturated carbocycles. The van der Waals surface area contributed by atoms with Gasteiger partial charge in [0.25, 0.3) is 5.91 Å². The zero-order chi connectivity index (χ0) is 16.9. The molecule has 1 amide bonds. The van der Waals surface area contributed by atoms with Gasteiger partial charge in [0.05, 0.1) is 17.3 Å². The van der Waals surface area contributed by atoms with E-state index in [1.807, 2.05) is 18.7 Å². The van der Waals surface area contributed by atoms with Crippen LogP contribution in [0.4, 0.5) is 0 Å². The van der Waals surface area contributed by atoms with E-state index in [1.54, 1.807) is 4.52 Å². The lowest BCUT2D eigenvalue weighted by atomic mass is 9.85. The van der Waals surface area contributed by atoms with Gasteiger partial charge in [0.2, 0.25) is 4.96 Å². The Kier molecular flexibility index (Phi) is 3.88. The molecule has 2 fully saturated rings. The lowest BCUT2D eigenvalue weighted by Crippen LogP contribution is -2.55. The molecule has 0 spiro atoms. The lowest BCUT2D eigenvalue weighted by Gasteiger charge is -2.44. The number of ether oxygens (including phenoxy) is 1. The van der Waals surface area contributed by atoms with Crippen LogP contribution in [0.5, 0.6) is 0 Å². The van der Waals surface area contributed by atoms with Gasteiger partial charge in [-0.15, -0.1) is 0 Å². The Morgan fingerprint density at radius 2 is 2.17 bits per heavy atom. The van der Waals surface area contributed by atoms with Crippen LogP contribution in [-0.2, 0) is 4.74 Å². The monoisotopic (exact) mass is 348 g/mol. The van der Waals surface area contributed by atoms with E-state index >= 15 is 0 Å². The fourth-order valence-corrected chi connectivity index (χ4v) is 4.99. The third-order valence-corrected chi connectivity index (χ3v) is 6.22. The molecule has 4 heterocycles. The van der Waals surface area contributed by atoms with Gasteiger partial charge < -0.3 is 9.64 Å². The van der Waals surface area contributed by atoms with Crippen molar-refractivity contribution in [2.75, 3.05) is 13.2 Å². The number of carbonyl (C=O) groups excluding carboxylic acids is 1. The number of hydrogen-bond acceptors (Lipinski definition) is 5. The molecule has 0 N–H and O–H groups in total. The molecule has 4 rings (SSSR count). The fourth-order valence-electron chi connectivity index (χ4n) is 4.20. The lowest BCUT2D eigenvalue weighted by molar-refractivity contribution is -0.0572. The molecular weight excluding hydrogens is 324 g/mol. The predicted molar refractivity (Wildman–Crippen MR) is 92.6 cm³/mol. The summed E-state index contributed by atoms with van der Waals surface area (Å²) in [5.41, 5.74) is 1.16. The van der Waals surface area contributed by atoms with Crippen LogP contribution < -0.4 is 0 Å². The van der Waals surface area contributed by atoms with Gasteiger partial charge >= 0.3 is 0 Å². The number of rotatable bonds is 2. The van der Waals surface area contributed by atoms with Crippen LogP contribution >= 0.6 is 11.3 Å². The maximum absolute atomic E-state index is 13.4. The van der Waals surface area contributed by atoms with Gasteiger partial charge in [-0.2, -0.15) is 9.61 Å². The Hall–Kier alpha value is -1.47. The quantitative estimate of drug-likeness (QED) is 0.837. The predicted octanol–water partition coefficient (Wildman–Crippen LogP) is 2.97. The van der Waals surface area contributed by atoms with Crippen LogP contribution in [0.2, 0.25) is 0 Å². The van der Waals surface area contributed by atoms with Gasteiger partial charge in [-0.1, -0.05) is 11.3 Å². The minimum atomic E-state index is -0.216. The molecule has 7 heteroatoms. The van der Waals surface area contributed by atoms with E-state index in [0.717, 1.165) is 60.9 Å². The van der Waals surface area contributed by atoms with Crippen LogP contribution in [-0.4, -0.2) is 50.2 Å². The van der Waals surface area contributed by atoms with Crippen LogP contribution in [0.3, 0.4) is 0 Å². The van der Waals surface area contributed by atoms with Crippen molar-refractivity contribution >= 4 is 22.2 Å². The van der Waals surface area contributed by atoms with Crippen molar-refractivity contribution in [3.05, 3.63) is 16.4 Å². The Morgan fingerprint density at radius 3 is 2.92 bits per heavy atom. The van der Waals surface area contributed by atoms with E-state index < -0.39 is 0 Å². The molecule has 24 heavy (non-hydrogen) atoms. The summed E-state index contributed by atoms with van der Waals surface area (Å²) in [5.74, 6) is 0.0479. The van der Waals surface area contributed by atoms with Crippen molar-refractivity contribution in [2.24, 2.45) is 0 Å². The van der Waals surface area contributed by atoms with Crippen molar-refractivity contribution < 1.29 is 9.53 Å². The van der Waals surface area contributed by atoms with Gasteiger partial charge in [0.15, 0.2) is 5.69 Å². The summed E-state index contributed by atoms with van der Waals surface area (Å²) in [6.07, 6.45) is 5.33. The summed E-state index contributed by atoms with van der Waals surface area (Å²) in [4.78, 5) is 20.7. The van der Waals surface area contributed by atoms with Gasteiger partial charge in [-0.3, -0.25) is 4.79 Å². The van der Waals surface area contributed by atoms with Crippen molar-refractivity contribution in [3.63, 3.8) is 0 Å². The van der Waals surface area contributed by atoms with Gasteiger partial charge in [-0.05, 0) is 52.9 Å². The molecule has 2 aliphatic heterocycles. The SMILES string of the molecule is Cc1nn2c(C(=O)N3CCCCC3C3(C)CCCO3)c(C)nc2s1. The smallest absolute Gasteiger partial charge is 0.274 e. The first-order valence-electron chi connectivity index (χ1n) is 8.77. The van der Waals surface area contributed by atoms with Crippen LogP contribution in [0.1, 0.15) is 60.2 Å². The molecule has 2 aromatic heterocycles. The maximum Gasteiger partial charge on any atom is 0.274 e. The molecule has 0 aliphatic carbocycles. The van der Waals surface area contributed by atoms with Gasteiger partial charge in [0, 0.05) is 13.2 Å². The molecule has 6 nitrogen and oxygen atoms in total. The normalized spacial score (nSPS) is 28.0. The van der Waals surface area contributed by atoms with E-state index in [9.17, 15) is 4.79 Å². The van der Waals surface area contributed by atoms with Crippen molar-refractivity contribution in [1.82, 2.24) is 19.5 Å². The number of aromatic nitrogens is 3. The summed E-state index contributed by atoms with van der Waals surface area (Å²) in [6, 6.07) is 0.144. The first-order valence-corrected chi connectivity index (χ1v) is 9.59. The van der Waals surface area contributed by atoms with Crippen molar-refractivity contribution in [1.29, 1.82) is 0 Å². The second kappa shape index (κ2) is 5.81. The summed E-state index contributed by atoms with van der Waals surface area (Å²) in [5, 5.41) is 5.41. The third-order valence-electron chi connectivity index (χ3n) is 5.40. The zero-order valence-corrected chi connectivity index (χ0v) is 15.4. The number of aryl methyl sites for hydroxylation is 2. The summed E-state index contributed by atoms with van der Waals surface area (Å²) < 4.78 is 7.79. The summed E-state index contributed by atoms with van der Waals surface area (Å²) in [6.45, 7) is 7.60. The Bertz CT molecular complexity index is 775. The van der Waals surface area contributed by atoms with Gasteiger partial charge in [0.1, 0.15) is 5.01 Å². The van der Waals surface area contributed by atoms with Gasteiger partial charge in [-0.25, -0.2) is 4.98 Å². The molecule has 2 saturated heterocycles. The zero-order valence-electron chi connectivity index (χ0n) is 14.5. The highest BCUT2D eigenvalue weighted by atomic mass is 32.1. The van der Waals surface area contributed by atoms with Crippen LogP contribution in [0.25, 0.3) is 4.96 Å². The Morgan fingerprint density at radius 1 is 1.33 bits per heavy atom. The van der Waals surface area contributed by atoms with Crippen LogP contribution in [0.15, 0.2) is 0 Å². The average Bonchev–Trinajstić information content (AvgIpc) is 3.21. The fraction of sp³-hybridized carbons (Fsp3) is 0.706. The van der Waals surface area contributed by atoms with Crippen LogP contribution in [0, 0.1) is 13.8 Å². The summed E-state index contributed by atoms with van der Waals surface area (Å²) >= 11 is 1.52. The average molecular weight is 348 g/mol. The van der Waals surface area contributed by atoms with E-state index in [1.165, 1.54) is 11.3 Å². The number of carbonyl (C=O) groups is 1. The van der Waals surface area contributed by atoms with Crippen molar-refractivity contribution in [2.45, 2.75) is 64.5 Å². The molecule has 2 aliphatic rings. The number of likely N-dealkylation sites (tertiary alicyclic amines) is 1. The Balaban J connectivity index is 1.71. The standard InChI is InChI=1S/C17H24N4O2S/c1-11-14(21-16(18-11)24-12(2)19-21)15(22)20-9-5-4-7-13(20)17(3)8-6-10-23-17/h13H,4-10H2,1-3H3. The second-order valence-corrected chi connectivity index (χ2v) is 8.30. The number of amides is 1. The Labute approximate surface area is 145 Å². The molecule has 2 atom stereocenters. The largest absolute Gasteiger partial charge is 0.373 e. The van der Waals surface area contributed by atoms with Crippen molar-refractivity contribution in [3.8, 4) is 0 Å². The van der Waals surface area contributed by atoms with E-state index in [4.69, 9.17) is 4.74 Å². The number of fused-ring (bicyclic) bond motifs is 1. The second-order valence-electron chi connectivity index (χ2n) is 7.14. The molecular formula is C17H24N4O2S. The number of imidazole rings is 1. The minimum Gasteiger partial charge on any atom is -0.373 e. The molecule has 0 bridgehead atoms. The molecule has 130 valence electrons. The molecule has 0 radical (unpaired) electrons. The highest BCUT2D eigenvalue weighted by molar-refractivity contribution is 7.16. The first kappa shape index (κ1) is 16.0. The molecule has 2 aromatic rings. The van der Waals surface area contributed by atoms with E-state index in [-0.39, 0.29) is 17.6 Å². The number of nitrogens with zero attached hydrogens (tertiary/aromatic N) is 4. The van der Waals surface area contributed by atoms with E-state index in [0.29, 0.717) is 5.69 Å². The highest BCUT2D eigenvalue weighted by Gasteiger charge is 2.45. The molecule has 0 aromatic carbocycles. The topological polar surface area (TPSA) is 59.7 Å².